The van der Waals surface area contributed by atoms with Crippen LogP contribution in [0.15, 0.2) is 60.7 Å². The summed E-state index contributed by atoms with van der Waals surface area (Å²) in [5.74, 6) is 1.73. The second-order valence-corrected chi connectivity index (χ2v) is 6.66. The summed E-state index contributed by atoms with van der Waals surface area (Å²) >= 11 is 0. The molecule has 0 fully saturated rings. The predicted octanol–water partition coefficient (Wildman–Crippen LogP) is 5.39. The largest absolute Gasteiger partial charge is 0.338 e. The molecule has 0 spiro atoms. The molecule has 0 amide bonds. The zero-order valence-electron chi connectivity index (χ0n) is 14.7. The highest BCUT2D eigenvalue weighted by atomic mass is 14.9. The quantitative estimate of drug-likeness (QED) is 0.453. The van der Waals surface area contributed by atoms with E-state index in [0.29, 0.717) is 0 Å². The van der Waals surface area contributed by atoms with E-state index in [0.717, 1.165) is 44.8 Å². The molecule has 0 aliphatic heterocycles. The molecule has 5 rings (SSSR count). The Morgan fingerprint density at radius 2 is 1.04 bits per heavy atom. The number of aromatic nitrogens is 4. The standard InChI is InChI=1S/C22H18N4/c1-13-7-5-11-17-19(13)25-21(23-17)15-9-3-4-10-16(15)22-24-18-12-6-8-14(2)20(18)26-22/h3-12H,1-2H3,(H,23,25)(H,24,26). The van der Waals surface area contributed by atoms with E-state index in [1.54, 1.807) is 0 Å². The van der Waals surface area contributed by atoms with E-state index < -0.39 is 0 Å². The number of aryl methyl sites for hydroxylation is 2. The van der Waals surface area contributed by atoms with Crippen LogP contribution >= 0.6 is 0 Å². The number of H-pyrrole nitrogens is 2. The molecular formula is C22H18N4. The maximum atomic E-state index is 4.84. The van der Waals surface area contributed by atoms with Crippen molar-refractivity contribution in [2.75, 3.05) is 0 Å². The minimum absolute atomic E-state index is 0.863. The number of aromatic amines is 2. The van der Waals surface area contributed by atoms with Gasteiger partial charge in [-0.2, -0.15) is 0 Å². The summed E-state index contributed by atoms with van der Waals surface area (Å²) in [4.78, 5) is 16.6. The first-order chi connectivity index (χ1) is 12.7. The van der Waals surface area contributed by atoms with E-state index in [1.807, 2.05) is 24.3 Å². The van der Waals surface area contributed by atoms with Crippen LogP contribution in [0.3, 0.4) is 0 Å². The van der Waals surface area contributed by atoms with Crippen molar-refractivity contribution in [3.8, 4) is 22.8 Å². The van der Waals surface area contributed by atoms with Gasteiger partial charge in [0, 0.05) is 11.1 Å². The van der Waals surface area contributed by atoms with Crippen molar-refractivity contribution in [2.24, 2.45) is 0 Å². The molecule has 4 nitrogen and oxygen atoms in total. The molecule has 126 valence electrons. The second kappa shape index (κ2) is 5.56. The first-order valence-electron chi connectivity index (χ1n) is 8.71. The molecule has 0 saturated carbocycles. The Morgan fingerprint density at radius 1 is 0.577 bits per heavy atom. The van der Waals surface area contributed by atoms with Gasteiger partial charge in [0.05, 0.1) is 22.1 Å². The van der Waals surface area contributed by atoms with Gasteiger partial charge in [0.1, 0.15) is 11.6 Å². The smallest absolute Gasteiger partial charge is 0.139 e. The van der Waals surface area contributed by atoms with Gasteiger partial charge in [-0.25, -0.2) is 9.97 Å². The van der Waals surface area contributed by atoms with Crippen LogP contribution in [0.5, 0.6) is 0 Å². The third-order valence-corrected chi connectivity index (χ3v) is 4.87. The molecule has 4 heteroatoms. The highest BCUT2D eigenvalue weighted by Gasteiger charge is 2.15. The number of fused-ring (bicyclic) bond motifs is 2. The normalized spacial score (nSPS) is 11.5. The third-order valence-electron chi connectivity index (χ3n) is 4.87. The van der Waals surface area contributed by atoms with E-state index in [-0.39, 0.29) is 0 Å². The van der Waals surface area contributed by atoms with Crippen LogP contribution in [-0.4, -0.2) is 19.9 Å². The van der Waals surface area contributed by atoms with Crippen LogP contribution in [0.1, 0.15) is 11.1 Å². The summed E-state index contributed by atoms with van der Waals surface area (Å²) < 4.78 is 0. The maximum absolute atomic E-state index is 4.84. The molecule has 0 radical (unpaired) electrons. The van der Waals surface area contributed by atoms with Crippen molar-refractivity contribution in [1.29, 1.82) is 0 Å². The van der Waals surface area contributed by atoms with Gasteiger partial charge >= 0.3 is 0 Å². The first-order valence-corrected chi connectivity index (χ1v) is 8.71. The second-order valence-electron chi connectivity index (χ2n) is 6.66. The number of rotatable bonds is 2. The van der Waals surface area contributed by atoms with Crippen molar-refractivity contribution < 1.29 is 0 Å². The van der Waals surface area contributed by atoms with E-state index in [9.17, 15) is 0 Å². The van der Waals surface area contributed by atoms with Crippen LogP contribution in [0.4, 0.5) is 0 Å². The van der Waals surface area contributed by atoms with E-state index in [2.05, 4.69) is 60.2 Å². The number of imidazole rings is 2. The van der Waals surface area contributed by atoms with Gasteiger partial charge in [-0.1, -0.05) is 48.5 Å². The Bertz CT molecular complexity index is 1160. The van der Waals surface area contributed by atoms with Gasteiger partial charge in [0.15, 0.2) is 0 Å². The fraction of sp³-hybridized carbons (Fsp3) is 0.0909. The van der Waals surface area contributed by atoms with E-state index in [1.165, 1.54) is 11.1 Å². The fourth-order valence-corrected chi connectivity index (χ4v) is 3.50. The summed E-state index contributed by atoms with van der Waals surface area (Å²) in [6, 6.07) is 20.6. The lowest BCUT2D eigenvalue weighted by Gasteiger charge is -2.04. The lowest BCUT2D eigenvalue weighted by atomic mass is 10.1. The van der Waals surface area contributed by atoms with Crippen molar-refractivity contribution in [1.82, 2.24) is 19.9 Å². The minimum Gasteiger partial charge on any atom is -0.338 e. The van der Waals surface area contributed by atoms with Crippen molar-refractivity contribution in [3.63, 3.8) is 0 Å². The number of nitrogens with one attached hydrogen (secondary N) is 2. The topological polar surface area (TPSA) is 57.4 Å². The lowest BCUT2D eigenvalue weighted by molar-refractivity contribution is 1.29. The van der Waals surface area contributed by atoms with Crippen molar-refractivity contribution in [3.05, 3.63) is 71.8 Å². The number of nitrogens with zero attached hydrogens (tertiary/aromatic N) is 2. The Hall–Kier alpha value is -3.40. The molecule has 0 atom stereocenters. The SMILES string of the molecule is Cc1cccc2[nH]c(-c3ccccc3-c3nc4c(C)cccc4[nH]3)nc12. The van der Waals surface area contributed by atoms with Crippen LogP contribution in [0, 0.1) is 13.8 Å². The summed E-state index contributed by atoms with van der Waals surface area (Å²) in [6.07, 6.45) is 0. The zero-order valence-corrected chi connectivity index (χ0v) is 14.7. The monoisotopic (exact) mass is 338 g/mol. The molecule has 26 heavy (non-hydrogen) atoms. The lowest BCUT2D eigenvalue weighted by Crippen LogP contribution is -1.88. The Morgan fingerprint density at radius 3 is 1.46 bits per heavy atom. The van der Waals surface area contributed by atoms with Crippen molar-refractivity contribution in [2.45, 2.75) is 13.8 Å². The van der Waals surface area contributed by atoms with Crippen molar-refractivity contribution >= 4 is 22.1 Å². The molecule has 2 N–H and O–H groups in total. The zero-order chi connectivity index (χ0) is 17.7. The first kappa shape index (κ1) is 14.9. The average molecular weight is 338 g/mol. The summed E-state index contributed by atoms with van der Waals surface area (Å²) in [5, 5.41) is 0. The van der Waals surface area contributed by atoms with Gasteiger partial charge in [-0.3, -0.25) is 0 Å². The minimum atomic E-state index is 0.863. The number of benzene rings is 3. The van der Waals surface area contributed by atoms with Crippen LogP contribution in [0.2, 0.25) is 0 Å². The van der Waals surface area contributed by atoms with Crippen LogP contribution < -0.4 is 0 Å². The highest BCUT2D eigenvalue weighted by molar-refractivity contribution is 5.88. The molecule has 3 aromatic carbocycles. The molecule has 2 heterocycles. The summed E-state index contributed by atoms with van der Waals surface area (Å²) in [7, 11) is 0. The van der Waals surface area contributed by atoms with E-state index >= 15 is 0 Å². The van der Waals surface area contributed by atoms with Crippen LogP contribution in [-0.2, 0) is 0 Å². The molecule has 0 unspecified atom stereocenters. The molecule has 0 aliphatic rings. The van der Waals surface area contributed by atoms with Gasteiger partial charge in [-0.05, 0) is 37.1 Å². The predicted molar refractivity (Wildman–Crippen MR) is 106 cm³/mol. The number of hydrogen-bond donors (Lipinski definition) is 2. The van der Waals surface area contributed by atoms with E-state index in [4.69, 9.17) is 9.97 Å². The van der Waals surface area contributed by atoms with Gasteiger partial charge < -0.3 is 9.97 Å². The maximum Gasteiger partial charge on any atom is 0.139 e. The Labute approximate surface area is 150 Å². The highest BCUT2D eigenvalue weighted by Crippen LogP contribution is 2.32. The molecular weight excluding hydrogens is 320 g/mol. The van der Waals surface area contributed by atoms with Crippen LogP contribution in [0.25, 0.3) is 44.8 Å². The van der Waals surface area contributed by atoms with Gasteiger partial charge in [0.2, 0.25) is 0 Å². The molecule has 0 bridgehead atoms. The number of para-hydroxylation sites is 2. The molecule has 0 aliphatic carbocycles. The Kier molecular flexibility index (Phi) is 3.19. The molecule has 0 saturated heterocycles. The average Bonchev–Trinajstić information content (AvgIpc) is 3.27. The van der Waals surface area contributed by atoms with Gasteiger partial charge in [0.25, 0.3) is 0 Å². The number of hydrogen-bond acceptors (Lipinski definition) is 2. The third kappa shape index (κ3) is 2.23. The fourth-order valence-electron chi connectivity index (χ4n) is 3.50. The Balaban J connectivity index is 1.73. The van der Waals surface area contributed by atoms with Gasteiger partial charge in [-0.15, -0.1) is 0 Å². The molecule has 2 aromatic heterocycles. The molecule has 5 aromatic rings. The summed E-state index contributed by atoms with van der Waals surface area (Å²) in [5.41, 5.74) is 8.55. The summed E-state index contributed by atoms with van der Waals surface area (Å²) in [6.45, 7) is 4.17.